The molecular formula is C27H30N2O6. The van der Waals surface area contributed by atoms with Crippen molar-refractivity contribution >= 4 is 18.0 Å². The highest BCUT2D eigenvalue weighted by molar-refractivity contribution is 5.90. The van der Waals surface area contributed by atoms with Crippen LogP contribution in [0.2, 0.25) is 0 Å². The highest BCUT2D eigenvalue weighted by Crippen LogP contribution is 2.45. The van der Waals surface area contributed by atoms with Gasteiger partial charge in [0.15, 0.2) is 0 Å². The number of carbonyl (C=O) groups is 3. The summed E-state index contributed by atoms with van der Waals surface area (Å²) in [7, 11) is 0. The third-order valence-electron chi connectivity index (χ3n) is 7.71. The molecular weight excluding hydrogens is 448 g/mol. The molecule has 5 rings (SSSR count). The number of rotatable bonds is 5. The molecule has 8 nitrogen and oxygen atoms in total. The zero-order valence-corrected chi connectivity index (χ0v) is 20.0. The third-order valence-corrected chi connectivity index (χ3v) is 7.71. The average molecular weight is 479 g/mol. The van der Waals surface area contributed by atoms with Crippen LogP contribution in [0.1, 0.15) is 37.3 Å². The fourth-order valence-corrected chi connectivity index (χ4v) is 5.79. The zero-order valence-electron chi connectivity index (χ0n) is 20.0. The third kappa shape index (κ3) is 3.95. The van der Waals surface area contributed by atoms with Crippen LogP contribution in [0.15, 0.2) is 48.5 Å². The molecule has 2 aliphatic heterocycles. The molecule has 2 heterocycles. The Labute approximate surface area is 204 Å². The van der Waals surface area contributed by atoms with E-state index in [-0.39, 0.29) is 30.9 Å². The van der Waals surface area contributed by atoms with Gasteiger partial charge in [0, 0.05) is 31.5 Å². The van der Waals surface area contributed by atoms with E-state index in [0.29, 0.717) is 26.2 Å². The van der Waals surface area contributed by atoms with Gasteiger partial charge in [-0.2, -0.15) is 0 Å². The van der Waals surface area contributed by atoms with Gasteiger partial charge in [0.25, 0.3) is 0 Å². The number of hydrogen-bond acceptors (Lipinski definition) is 5. The number of likely N-dealkylation sites (tertiary alicyclic amines) is 1. The second-order valence-electron chi connectivity index (χ2n) is 10.2. The number of hydrogen-bond donors (Lipinski definition) is 2. The number of nitrogens with one attached hydrogen (secondary N) is 1. The monoisotopic (exact) mass is 478 g/mol. The summed E-state index contributed by atoms with van der Waals surface area (Å²) < 4.78 is 11.1. The van der Waals surface area contributed by atoms with Crippen LogP contribution < -0.4 is 5.32 Å². The fraction of sp³-hybridized carbons (Fsp3) is 0.444. The standard InChI is InChI=1S/C27H30N2O6/c1-26(2,23(30)29-13-17-14-34-12-11-27(17,16-29)24(31)32)28-25(33)35-15-22-20-9-5-3-7-18(20)19-8-4-6-10-21(19)22/h3-10,17,22H,11-16H2,1-2H3,(H,28,33)(H,31,32)/t17-,27+/m0/s1. The molecule has 2 aromatic carbocycles. The van der Waals surface area contributed by atoms with Crippen molar-refractivity contribution in [2.75, 3.05) is 32.9 Å². The first-order valence-corrected chi connectivity index (χ1v) is 12.0. The van der Waals surface area contributed by atoms with Crippen LogP contribution in [0.25, 0.3) is 11.1 Å². The summed E-state index contributed by atoms with van der Waals surface area (Å²) in [5.41, 5.74) is 2.25. The molecule has 1 aliphatic carbocycles. The Balaban J connectivity index is 1.24. The molecule has 2 atom stereocenters. The van der Waals surface area contributed by atoms with Crippen LogP contribution >= 0.6 is 0 Å². The maximum Gasteiger partial charge on any atom is 0.408 e. The van der Waals surface area contributed by atoms with E-state index >= 15 is 0 Å². The lowest BCUT2D eigenvalue weighted by atomic mass is 9.74. The molecule has 2 aromatic rings. The number of carboxylic acid groups (broad SMARTS) is 1. The molecule has 35 heavy (non-hydrogen) atoms. The van der Waals surface area contributed by atoms with Crippen LogP contribution in [-0.2, 0) is 19.1 Å². The summed E-state index contributed by atoms with van der Waals surface area (Å²) in [5, 5.41) is 12.6. The first kappa shape index (κ1) is 23.4. The van der Waals surface area contributed by atoms with Gasteiger partial charge >= 0.3 is 12.1 Å². The summed E-state index contributed by atoms with van der Waals surface area (Å²) in [6.45, 7) is 4.47. The summed E-state index contributed by atoms with van der Waals surface area (Å²) in [6, 6.07) is 16.2. The molecule has 0 unspecified atom stereocenters. The second kappa shape index (κ2) is 8.68. The Morgan fingerprint density at radius 3 is 2.34 bits per heavy atom. The van der Waals surface area contributed by atoms with Crippen LogP contribution in [-0.4, -0.2) is 66.4 Å². The van der Waals surface area contributed by atoms with Crippen molar-refractivity contribution < 1.29 is 29.0 Å². The van der Waals surface area contributed by atoms with Crippen LogP contribution in [0.5, 0.6) is 0 Å². The van der Waals surface area contributed by atoms with Gasteiger partial charge in [-0.15, -0.1) is 0 Å². The predicted octanol–water partition coefficient (Wildman–Crippen LogP) is 3.25. The number of amides is 2. The first-order valence-electron chi connectivity index (χ1n) is 12.0. The number of carboxylic acids is 1. The van der Waals surface area contributed by atoms with Crippen molar-refractivity contribution in [1.29, 1.82) is 0 Å². The summed E-state index contributed by atoms with van der Waals surface area (Å²) in [5.74, 6) is -1.57. The first-order chi connectivity index (χ1) is 16.7. The maximum absolute atomic E-state index is 13.3. The Morgan fingerprint density at radius 2 is 1.74 bits per heavy atom. The van der Waals surface area contributed by atoms with E-state index in [4.69, 9.17) is 9.47 Å². The zero-order chi connectivity index (χ0) is 24.8. The molecule has 0 saturated carbocycles. The van der Waals surface area contributed by atoms with Crippen molar-refractivity contribution in [3.05, 3.63) is 59.7 Å². The molecule has 8 heteroatoms. The highest BCUT2D eigenvalue weighted by atomic mass is 16.5. The average Bonchev–Trinajstić information content (AvgIpc) is 3.39. The van der Waals surface area contributed by atoms with Crippen molar-refractivity contribution in [3.8, 4) is 11.1 Å². The number of alkyl carbamates (subject to hydrolysis) is 1. The minimum absolute atomic E-state index is 0.0795. The molecule has 0 aromatic heterocycles. The lowest BCUT2D eigenvalue weighted by Crippen LogP contribution is -2.56. The van der Waals surface area contributed by atoms with E-state index in [1.165, 1.54) is 4.90 Å². The van der Waals surface area contributed by atoms with Crippen molar-refractivity contribution in [2.45, 2.75) is 31.7 Å². The molecule has 184 valence electrons. The van der Waals surface area contributed by atoms with E-state index < -0.39 is 23.0 Å². The van der Waals surface area contributed by atoms with Crippen molar-refractivity contribution in [2.24, 2.45) is 11.3 Å². The number of ether oxygens (including phenoxy) is 2. The summed E-state index contributed by atoms with van der Waals surface area (Å²) >= 11 is 0. The summed E-state index contributed by atoms with van der Waals surface area (Å²) in [6.07, 6.45) is -0.310. The highest BCUT2D eigenvalue weighted by Gasteiger charge is 2.56. The molecule has 2 N–H and O–H groups in total. The molecule has 0 spiro atoms. The van der Waals surface area contributed by atoms with Gasteiger partial charge in [0.1, 0.15) is 12.1 Å². The van der Waals surface area contributed by atoms with Crippen LogP contribution in [0, 0.1) is 11.3 Å². The Kier molecular flexibility index (Phi) is 5.79. The van der Waals surface area contributed by atoms with Gasteiger partial charge in [-0.05, 0) is 42.5 Å². The molecule has 0 bridgehead atoms. The maximum atomic E-state index is 13.3. The molecule has 2 fully saturated rings. The number of fused-ring (bicyclic) bond motifs is 4. The summed E-state index contributed by atoms with van der Waals surface area (Å²) in [4.78, 5) is 39.7. The van der Waals surface area contributed by atoms with E-state index in [2.05, 4.69) is 17.4 Å². The van der Waals surface area contributed by atoms with Gasteiger partial charge in [0.05, 0.1) is 12.0 Å². The number of carbonyl (C=O) groups excluding carboxylic acids is 2. The molecule has 2 saturated heterocycles. The van der Waals surface area contributed by atoms with E-state index in [1.54, 1.807) is 13.8 Å². The van der Waals surface area contributed by atoms with Crippen LogP contribution in [0.4, 0.5) is 4.79 Å². The van der Waals surface area contributed by atoms with Crippen molar-refractivity contribution in [1.82, 2.24) is 10.2 Å². The Morgan fingerprint density at radius 1 is 1.11 bits per heavy atom. The topological polar surface area (TPSA) is 105 Å². The quantitative estimate of drug-likeness (QED) is 0.684. The molecule has 0 radical (unpaired) electrons. The van der Waals surface area contributed by atoms with E-state index in [0.717, 1.165) is 22.3 Å². The number of nitrogens with zero attached hydrogens (tertiary/aromatic N) is 1. The Bertz CT molecular complexity index is 1130. The lowest BCUT2D eigenvalue weighted by molar-refractivity contribution is -0.157. The lowest BCUT2D eigenvalue weighted by Gasteiger charge is -2.34. The Hall–Kier alpha value is -3.39. The van der Waals surface area contributed by atoms with Gasteiger partial charge in [0.2, 0.25) is 5.91 Å². The minimum atomic E-state index is -1.25. The normalized spacial score (nSPS) is 23.3. The van der Waals surface area contributed by atoms with Gasteiger partial charge in [-0.1, -0.05) is 48.5 Å². The van der Waals surface area contributed by atoms with Crippen molar-refractivity contribution in [3.63, 3.8) is 0 Å². The fourth-order valence-electron chi connectivity index (χ4n) is 5.79. The smallest absolute Gasteiger partial charge is 0.408 e. The second-order valence-corrected chi connectivity index (χ2v) is 10.2. The van der Waals surface area contributed by atoms with Gasteiger partial charge in [-0.3, -0.25) is 9.59 Å². The largest absolute Gasteiger partial charge is 0.481 e. The number of aliphatic carboxylic acids is 1. The predicted molar refractivity (Wildman–Crippen MR) is 128 cm³/mol. The van der Waals surface area contributed by atoms with Gasteiger partial charge < -0.3 is 24.8 Å². The number of benzene rings is 2. The van der Waals surface area contributed by atoms with Crippen LogP contribution in [0.3, 0.4) is 0 Å². The van der Waals surface area contributed by atoms with E-state index in [9.17, 15) is 19.5 Å². The molecule has 3 aliphatic rings. The minimum Gasteiger partial charge on any atom is -0.481 e. The van der Waals surface area contributed by atoms with Gasteiger partial charge in [-0.25, -0.2) is 4.79 Å². The van der Waals surface area contributed by atoms with E-state index in [1.807, 2.05) is 36.4 Å². The SMILES string of the molecule is CC(C)(NC(=O)OCC1c2ccccc2-c2ccccc21)C(=O)N1C[C@H]2COCC[C@@]2(C(=O)O)C1. The molecule has 2 amide bonds.